The van der Waals surface area contributed by atoms with Crippen molar-refractivity contribution in [2.75, 3.05) is 0 Å². The average molecular weight is 299 g/mol. The standard InChI is InChI=1S/C14H13N5OS/c1-10(13-3-2-8-21-13)16-14(20)11-4-6-12(7-5-11)19-9-15-17-18-19/h2-10H,1H3,(H,16,20)/t10-/m1/s1. The highest BCUT2D eigenvalue weighted by Gasteiger charge is 2.12. The van der Waals surface area contributed by atoms with Gasteiger partial charge in [0.15, 0.2) is 0 Å². The Bertz CT molecular complexity index is 706. The van der Waals surface area contributed by atoms with Crippen LogP contribution >= 0.6 is 11.3 Å². The summed E-state index contributed by atoms with van der Waals surface area (Å²) in [6, 6.07) is 11.1. The number of aromatic nitrogens is 4. The van der Waals surface area contributed by atoms with E-state index in [1.54, 1.807) is 35.6 Å². The topological polar surface area (TPSA) is 72.7 Å². The van der Waals surface area contributed by atoms with Crippen molar-refractivity contribution < 1.29 is 4.79 Å². The maximum atomic E-state index is 12.2. The van der Waals surface area contributed by atoms with E-state index in [9.17, 15) is 4.79 Å². The van der Waals surface area contributed by atoms with Crippen LogP contribution in [-0.2, 0) is 0 Å². The molecule has 1 amide bonds. The molecule has 6 nitrogen and oxygen atoms in total. The van der Waals surface area contributed by atoms with Gasteiger partial charge in [-0.1, -0.05) is 6.07 Å². The summed E-state index contributed by atoms with van der Waals surface area (Å²) in [5.41, 5.74) is 1.41. The lowest BCUT2D eigenvalue weighted by atomic mass is 10.1. The number of nitrogens with one attached hydrogen (secondary N) is 1. The average Bonchev–Trinajstić information content (AvgIpc) is 3.20. The Morgan fingerprint density at radius 3 is 2.71 bits per heavy atom. The molecule has 0 radical (unpaired) electrons. The molecule has 7 heteroatoms. The van der Waals surface area contributed by atoms with E-state index in [0.29, 0.717) is 5.56 Å². The van der Waals surface area contributed by atoms with Gasteiger partial charge in [0.05, 0.1) is 11.7 Å². The minimum absolute atomic E-state index is 0.00306. The molecule has 0 aliphatic carbocycles. The number of nitrogens with zero attached hydrogens (tertiary/aromatic N) is 4. The van der Waals surface area contributed by atoms with Crippen molar-refractivity contribution in [3.63, 3.8) is 0 Å². The van der Waals surface area contributed by atoms with Gasteiger partial charge in [0.1, 0.15) is 6.33 Å². The van der Waals surface area contributed by atoms with E-state index in [-0.39, 0.29) is 11.9 Å². The lowest BCUT2D eigenvalue weighted by Gasteiger charge is -2.12. The first kappa shape index (κ1) is 13.4. The van der Waals surface area contributed by atoms with Crippen LogP contribution in [-0.4, -0.2) is 26.1 Å². The smallest absolute Gasteiger partial charge is 0.251 e. The lowest BCUT2D eigenvalue weighted by Crippen LogP contribution is -2.26. The molecule has 1 aromatic carbocycles. The molecule has 2 aromatic heterocycles. The van der Waals surface area contributed by atoms with E-state index >= 15 is 0 Å². The molecule has 1 atom stereocenters. The monoisotopic (exact) mass is 299 g/mol. The Balaban J connectivity index is 1.70. The van der Waals surface area contributed by atoms with Gasteiger partial charge in [0.25, 0.3) is 5.91 Å². The summed E-state index contributed by atoms with van der Waals surface area (Å²) >= 11 is 1.63. The molecule has 21 heavy (non-hydrogen) atoms. The Kier molecular flexibility index (Phi) is 3.74. The normalized spacial score (nSPS) is 12.0. The molecule has 3 rings (SSSR count). The highest BCUT2D eigenvalue weighted by atomic mass is 32.1. The Morgan fingerprint density at radius 1 is 1.29 bits per heavy atom. The molecule has 0 fully saturated rings. The summed E-state index contributed by atoms with van der Waals surface area (Å²) < 4.78 is 1.54. The van der Waals surface area contributed by atoms with Gasteiger partial charge in [-0.15, -0.1) is 16.4 Å². The summed E-state index contributed by atoms with van der Waals surface area (Å²) in [6.45, 7) is 1.97. The van der Waals surface area contributed by atoms with Gasteiger partial charge in [-0.2, -0.15) is 0 Å². The van der Waals surface area contributed by atoms with Gasteiger partial charge in [-0.3, -0.25) is 4.79 Å². The van der Waals surface area contributed by atoms with Gasteiger partial charge >= 0.3 is 0 Å². The van der Waals surface area contributed by atoms with Crippen LogP contribution in [0.5, 0.6) is 0 Å². The first-order valence-electron chi connectivity index (χ1n) is 6.42. The second-order valence-corrected chi connectivity index (χ2v) is 5.49. The van der Waals surface area contributed by atoms with Crippen LogP contribution < -0.4 is 5.32 Å². The predicted octanol–water partition coefficient (Wildman–Crippen LogP) is 2.21. The molecule has 0 bridgehead atoms. The fraction of sp³-hybridized carbons (Fsp3) is 0.143. The van der Waals surface area contributed by atoms with E-state index in [1.807, 2.05) is 24.4 Å². The van der Waals surface area contributed by atoms with Crippen LogP contribution in [0.15, 0.2) is 48.1 Å². The second-order valence-electron chi connectivity index (χ2n) is 4.51. The molecule has 0 aliphatic rings. The van der Waals surface area contributed by atoms with Crippen molar-refractivity contribution in [1.29, 1.82) is 0 Å². The molecule has 2 heterocycles. The second kappa shape index (κ2) is 5.84. The van der Waals surface area contributed by atoms with E-state index in [1.165, 1.54) is 11.0 Å². The maximum absolute atomic E-state index is 12.2. The van der Waals surface area contributed by atoms with Crippen LogP contribution in [0, 0.1) is 0 Å². The van der Waals surface area contributed by atoms with Crippen molar-refractivity contribution >= 4 is 17.2 Å². The summed E-state index contributed by atoms with van der Waals surface area (Å²) in [6.07, 6.45) is 1.51. The molecule has 1 N–H and O–H groups in total. The minimum atomic E-state index is -0.0980. The molecule has 0 saturated heterocycles. The molecular formula is C14H13N5OS. The lowest BCUT2D eigenvalue weighted by molar-refractivity contribution is 0.0940. The number of carbonyl (C=O) groups is 1. The first-order chi connectivity index (χ1) is 10.2. The fourth-order valence-electron chi connectivity index (χ4n) is 1.93. The van der Waals surface area contributed by atoms with Crippen molar-refractivity contribution in [3.8, 4) is 5.69 Å². The summed E-state index contributed by atoms with van der Waals surface area (Å²) in [5.74, 6) is -0.0980. The van der Waals surface area contributed by atoms with Gasteiger partial charge in [-0.25, -0.2) is 4.68 Å². The first-order valence-corrected chi connectivity index (χ1v) is 7.30. The third-order valence-corrected chi connectivity index (χ3v) is 4.12. The summed E-state index contributed by atoms with van der Waals surface area (Å²) in [4.78, 5) is 13.3. The van der Waals surface area contributed by atoms with Gasteiger partial charge in [-0.05, 0) is 53.1 Å². The van der Waals surface area contributed by atoms with Crippen molar-refractivity contribution in [2.24, 2.45) is 0 Å². The van der Waals surface area contributed by atoms with Gasteiger partial charge in [0.2, 0.25) is 0 Å². The number of hydrogen-bond donors (Lipinski definition) is 1. The van der Waals surface area contributed by atoms with E-state index in [2.05, 4.69) is 20.8 Å². The van der Waals surface area contributed by atoms with Crippen molar-refractivity contribution in [2.45, 2.75) is 13.0 Å². The highest BCUT2D eigenvalue weighted by Crippen LogP contribution is 2.18. The fourth-order valence-corrected chi connectivity index (χ4v) is 2.67. The molecule has 3 aromatic rings. The Morgan fingerprint density at radius 2 is 2.10 bits per heavy atom. The molecule has 0 spiro atoms. The zero-order chi connectivity index (χ0) is 14.7. The molecule has 0 saturated carbocycles. The summed E-state index contributed by atoms with van der Waals surface area (Å²) in [5, 5.41) is 15.9. The van der Waals surface area contributed by atoms with Crippen LogP contribution in [0.2, 0.25) is 0 Å². The van der Waals surface area contributed by atoms with E-state index < -0.39 is 0 Å². The van der Waals surface area contributed by atoms with Crippen LogP contribution in [0.25, 0.3) is 5.69 Å². The zero-order valence-electron chi connectivity index (χ0n) is 11.3. The number of benzene rings is 1. The number of tetrazole rings is 1. The predicted molar refractivity (Wildman–Crippen MR) is 79.4 cm³/mol. The number of thiophene rings is 1. The maximum Gasteiger partial charge on any atom is 0.251 e. The number of hydrogen-bond acceptors (Lipinski definition) is 5. The van der Waals surface area contributed by atoms with Crippen molar-refractivity contribution in [1.82, 2.24) is 25.5 Å². The minimum Gasteiger partial charge on any atom is -0.345 e. The van der Waals surface area contributed by atoms with Gasteiger partial charge in [0, 0.05) is 10.4 Å². The summed E-state index contributed by atoms with van der Waals surface area (Å²) in [7, 11) is 0. The quantitative estimate of drug-likeness (QED) is 0.801. The molecule has 106 valence electrons. The van der Waals surface area contributed by atoms with E-state index in [0.717, 1.165) is 10.6 Å². The molecular weight excluding hydrogens is 286 g/mol. The SMILES string of the molecule is C[C@@H](NC(=O)c1ccc(-n2cnnn2)cc1)c1cccs1. The third kappa shape index (κ3) is 2.97. The number of amides is 1. The zero-order valence-corrected chi connectivity index (χ0v) is 12.1. The largest absolute Gasteiger partial charge is 0.345 e. The van der Waals surface area contributed by atoms with Crippen LogP contribution in [0.3, 0.4) is 0 Å². The van der Waals surface area contributed by atoms with Crippen LogP contribution in [0.4, 0.5) is 0 Å². The van der Waals surface area contributed by atoms with E-state index in [4.69, 9.17) is 0 Å². The Labute approximate surface area is 125 Å². The third-order valence-electron chi connectivity index (χ3n) is 3.06. The molecule has 0 unspecified atom stereocenters. The Hall–Kier alpha value is -2.54. The molecule has 0 aliphatic heterocycles. The van der Waals surface area contributed by atoms with Crippen molar-refractivity contribution in [3.05, 3.63) is 58.5 Å². The number of rotatable bonds is 4. The number of carbonyl (C=O) groups excluding carboxylic acids is 1. The van der Waals surface area contributed by atoms with Gasteiger partial charge < -0.3 is 5.32 Å². The highest BCUT2D eigenvalue weighted by molar-refractivity contribution is 7.10. The van der Waals surface area contributed by atoms with Crippen LogP contribution in [0.1, 0.15) is 28.2 Å².